The average Bonchev–Trinajstić information content (AvgIpc) is 2.59. The van der Waals surface area contributed by atoms with Gasteiger partial charge < -0.3 is 10.4 Å². The Kier molecular flexibility index (Phi) is 6.99. The third kappa shape index (κ3) is 5.19. The fourth-order valence-corrected chi connectivity index (χ4v) is 3.16. The van der Waals surface area contributed by atoms with Gasteiger partial charge in [-0.2, -0.15) is 0 Å². The molecule has 0 aliphatic rings. The molecule has 8 heteroatoms. The third-order valence-corrected chi connectivity index (χ3v) is 4.74. The third-order valence-electron chi connectivity index (χ3n) is 3.94. The summed E-state index contributed by atoms with van der Waals surface area (Å²) < 4.78 is 0. The van der Waals surface area contributed by atoms with E-state index < -0.39 is 12.0 Å². The molecule has 138 valence electrons. The van der Waals surface area contributed by atoms with Crippen LogP contribution in [0.1, 0.15) is 35.0 Å². The lowest BCUT2D eigenvalue weighted by atomic mass is 10.0. The first-order valence-electron chi connectivity index (χ1n) is 7.97. The minimum absolute atomic E-state index is 0.154. The number of halogens is 1. The number of carbonyl (C=O) groups excluding carboxylic acids is 1. The second-order valence-corrected chi connectivity index (χ2v) is 6.96. The lowest BCUT2D eigenvalue weighted by Gasteiger charge is -2.15. The lowest BCUT2D eigenvalue weighted by molar-refractivity contribution is -0.142. The van der Waals surface area contributed by atoms with E-state index in [0.29, 0.717) is 22.2 Å². The molecular formula is C18H20ClN3O3S. The molecule has 6 nitrogen and oxygen atoms in total. The van der Waals surface area contributed by atoms with Crippen LogP contribution in [0.2, 0.25) is 5.02 Å². The van der Waals surface area contributed by atoms with Gasteiger partial charge in [0.05, 0.1) is 0 Å². The van der Waals surface area contributed by atoms with Gasteiger partial charge in [0.15, 0.2) is 11.2 Å². The number of carboxylic acids is 1. The van der Waals surface area contributed by atoms with Crippen LogP contribution in [-0.4, -0.2) is 33.2 Å². The standard InChI is InChI=1S/C18H20ClN3O3S/c1-10-14(11(2)21-18(20-10)26-3)8-9-15(23)22-16(17(24)25)12-4-6-13(19)7-5-12/h4-7,16H,8-9H2,1-3H3,(H,22,23)(H,24,25). The van der Waals surface area contributed by atoms with Crippen molar-refractivity contribution < 1.29 is 14.7 Å². The maximum Gasteiger partial charge on any atom is 0.330 e. The molecule has 0 spiro atoms. The Morgan fingerprint density at radius 1 is 1.19 bits per heavy atom. The molecule has 1 atom stereocenters. The van der Waals surface area contributed by atoms with Crippen LogP contribution in [0.4, 0.5) is 0 Å². The molecule has 0 aliphatic carbocycles. The van der Waals surface area contributed by atoms with Gasteiger partial charge in [-0.25, -0.2) is 14.8 Å². The first-order valence-corrected chi connectivity index (χ1v) is 9.57. The maximum atomic E-state index is 12.3. The van der Waals surface area contributed by atoms with Gasteiger partial charge in [-0.15, -0.1) is 0 Å². The Balaban J connectivity index is 2.05. The van der Waals surface area contributed by atoms with E-state index in [0.717, 1.165) is 17.0 Å². The Hall–Kier alpha value is -2.12. The molecule has 1 heterocycles. The van der Waals surface area contributed by atoms with Gasteiger partial charge in [0.1, 0.15) is 0 Å². The number of amides is 1. The summed E-state index contributed by atoms with van der Waals surface area (Å²) >= 11 is 7.29. The summed E-state index contributed by atoms with van der Waals surface area (Å²) in [6, 6.07) is 5.25. The molecule has 0 saturated carbocycles. The number of carbonyl (C=O) groups is 2. The number of aryl methyl sites for hydroxylation is 2. The Morgan fingerprint density at radius 2 is 1.77 bits per heavy atom. The van der Waals surface area contributed by atoms with Crippen LogP contribution in [0.3, 0.4) is 0 Å². The molecule has 2 aromatic rings. The molecule has 2 rings (SSSR count). The Morgan fingerprint density at radius 3 is 2.27 bits per heavy atom. The molecule has 1 aromatic carbocycles. The van der Waals surface area contributed by atoms with Gasteiger partial charge >= 0.3 is 5.97 Å². The van der Waals surface area contributed by atoms with Crippen molar-refractivity contribution in [2.24, 2.45) is 0 Å². The highest BCUT2D eigenvalue weighted by Crippen LogP contribution is 2.19. The predicted molar refractivity (Wildman–Crippen MR) is 102 cm³/mol. The fraction of sp³-hybridized carbons (Fsp3) is 0.333. The zero-order valence-corrected chi connectivity index (χ0v) is 16.3. The topological polar surface area (TPSA) is 92.2 Å². The molecule has 26 heavy (non-hydrogen) atoms. The second-order valence-electron chi connectivity index (χ2n) is 5.75. The molecule has 0 aliphatic heterocycles. The first-order chi connectivity index (χ1) is 12.3. The normalized spacial score (nSPS) is 11.8. The Bertz CT molecular complexity index is 789. The van der Waals surface area contributed by atoms with E-state index >= 15 is 0 Å². The number of rotatable bonds is 7. The summed E-state index contributed by atoms with van der Waals surface area (Å²) in [7, 11) is 0. The van der Waals surface area contributed by atoms with Gasteiger partial charge in [0, 0.05) is 22.8 Å². The van der Waals surface area contributed by atoms with Gasteiger partial charge in [-0.3, -0.25) is 4.79 Å². The highest BCUT2D eigenvalue weighted by molar-refractivity contribution is 7.98. The molecule has 2 N–H and O–H groups in total. The molecule has 0 radical (unpaired) electrons. The minimum Gasteiger partial charge on any atom is -0.479 e. The number of aliphatic carboxylic acids is 1. The number of benzene rings is 1. The predicted octanol–water partition coefficient (Wildman–Crippen LogP) is 3.34. The van der Waals surface area contributed by atoms with E-state index in [1.807, 2.05) is 20.1 Å². The SMILES string of the molecule is CSc1nc(C)c(CCC(=O)NC(C(=O)O)c2ccc(Cl)cc2)c(C)n1. The van der Waals surface area contributed by atoms with Crippen molar-refractivity contribution in [1.29, 1.82) is 0 Å². The van der Waals surface area contributed by atoms with Crippen LogP contribution >= 0.6 is 23.4 Å². The van der Waals surface area contributed by atoms with E-state index in [-0.39, 0.29) is 12.3 Å². The minimum atomic E-state index is -1.12. The summed E-state index contributed by atoms with van der Waals surface area (Å²) in [5.41, 5.74) is 3.05. The van der Waals surface area contributed by atoms with Crippen LogP contribution in [0, 0.1) is 13.8 Å². The summed E-state index contributed by atoms with van der Waals surface area (Å²) in [6.07, 6.45) is 2.51. The highest BCUT2D eigenvalue weighted by Gasteiger charge is 2.22. The van der Waals surface area contributed by atoms with E-state index in [4.69, 9.17) is 11.6 Å². The molecule has 1 unspecified atom stereocenters. The van der Waals surface area contributed by atoms with Gasteiger partial charge in [-0.1, -0.05) is 35.5 Å². The lowest BCUT2D eigenvalue weighted by Crippen LogP contribution is -2.33. The van der Waals surface area contributed by atoms with Crippen LogP contribution in [0.5, 0.6) is 0 Å². The van der Waals surface area contributed by atoms with Gasteiger partial charge in [0.2, 0.25) is 5.91 Å². The van der Waals surface area contributed by atoms with Gasteiger partial charge in [-0.05, 0) is 49.8 Å². The number of nitrogens with zero attached hydrogens (tertiary/aromatic N) is 2. The summed E-state index contributed by atoms with van der Waals surface area (Å²) in [5, 5.41) is 13.2. The van der Waals surface area contributed by atoms with E-state index in [1.165, 1.54) is 11.8 Å². The summed E-state index contributed by atoms with van der Waals surface area (Å²) in [5.74, 6) is -1.47. The summed E-state index contributed by atoms with van der Waals surface area (Å²) in [4.78, 5) is 32.6. The quantitative estimate of drug-likeness (QED) is 0.553. The molecule has 0 saturated heterocycles. The fourth-order valence-electron chi connectivity index (χ4n) is 2.58. The number of thioether (sulfide) groups is 1. The smallest absolute Gasteiger partial charge is 0.330 e. The van der Waals surface area contributed by atoms with Crippen molar-refractivity contribution >= 4 is 35.2 Å². The molecule has 0 bridgehead atoms. The van der Waals surface area contributed by atoms with Crippen LogP contribution in [0.15, 0.2) is 29.4 Å². The maximum absolute atomic E-state index is 12.3. The van der Waals surface area contributed by atoms with Crippen LogP contribution < -0.4 is 5.32 Å². The number of hydrogen-bond acceptors (Lipinski definition) is 5. The van der Waals surface area contributed by atoms with Crippen molar-refractivity contribution in [3.05, 3.63) is 51.8 Å². The number of nitrogens with one attached hydrogen (secondary N) is 1. The van der Waals surface area contributed by atoms with Crippen molar-refractivity contribution in [3.8, 4) is 0 Å². The molecular weight excluding hydrogens is 374 g/mol. The van der Waals surface area contributed by atoms with E-state index in [9.17, 15) is 14.7 Å². The zero-order valence-electron chi connectivity index (χ0n) is 14.7. The Labute approximate surface area is 161 Å². The molecule has 1 amide bonds. The molecule has 1 aromatic heterocycles. The van der Waals surface area contributed by atoms with Crippen molar-refractivity contribution in [2.75, 3.05) is 6.26 Å². The van der Waals surface area contributed by atoms with Crippen molar-refractivity contribution in [2.45, 2.75) is 37.9 Å². The van der Waals surface area contributed by atoms with Crippen molar-refractivity contribution in [1.82, 2.24) is 15.3 Å². The number of hydrogen-bond donors (Lipinski definition) is 2. The monoisotopic (exact) mass is 393 g/mol. The average molecular weight is 394 g/mol. The summed E-state index contributed by atoms with van der Waals surface area (Å²) in [6.45, 7) is 3.77. The van der Waals surface area contributed by atoms with Crippen LogP contribution in [-0.2, 0) is 16.0 Å². The van der Waals surface area contributed by atoms with Crippen LogP contribution in [0.25, 0.3) is 0 Å². The number of aromatic nitrogens is 2. The number of carboxylic acid groups (broad SMARTS) is 1. The second kappa shape index (κ2) is 9.00. The zero-order chi connectivity index (χ0) is 19.3. The molecule has 0 fully saturated rings. The van der Waals surface area contributed by atoms with E-state index in [1.54, 1.807) is 24.3 Å². The highest BCUT2D eigenvalue weighted by atomic mass is 35.5. The van der Waals surface area contributed by atoms with E-state index in [2.05, 4.69) is 15.3 Å². The largest absolute Gasteiger partial charge is 0.479 e. The van der Waals surface area contributed by atoms with Crippen molar-refractivity contribution in [3.63, 3.8) is 0 Å². The first kappa shape index (κ1) is 20.2. The van der Waals surface area contributed by atoms with Gasteiger partial charge in [0.25, 0.3) is 0 Å².